The topological polar surface area (TPSA) is 37.8 Å². The van der Waals surface area contributed by atoms with Gasteiger partial charge in [0.25, 0.3) is 0 Å². The molecular weight excluding hydrogens is 294 g/mol. The van der Waals surface area contributed by atoms with Crippen LogP contribution in [0.5, 0.6) is 0 Å². The van der Waals surface area contributed by atoms with E-state index in [1.54, 1.807) is 16.2 Å². The van der Waals surface area contributed by atoms with Crippen LogP contribution in [0.15, 0.2) is 6.07 Å². The monoisotopic (exact) mass is 311 g/mol. The molecule has 1 N–H and O–H groups in total. The largest absolute Gasteiger partial charge is 0.320 e. The van der Waals surface area contributed by atoms with Crippen molar-refractivity contribution in [3.8, 4) is 9.88 Å². The zero-order chi connectivity index (χ0) is 13.1. The van der Waals surface area contributed by atoms with E-state index in [1.165, 1.54) is 28.4 Å². The molecule has 0 aliphatic carbocycles. The summed E-state index contributed by atoms with van der Waals surface area (Å²) in [6.45, 7) is 1.04. The lowest BCUT2D eigenvalue weighted by Gasteiger charge is -2.08. The van der Waals surface area contributed by atoms with Crippen LogP contribution in [0, 0.1) is 0 Å². The minimum absolute atomic E-state index is 1.03. The van der Waals surface area contributed by atoms with Gasteiger partial charge in [-0.2, -0.15) is 11.8 Å². The van der Waals surface area contributed by atoms with Gasteiger partial charge in [-0.15, -0.1) is 21.5 Å². The Morgan fingerprint density at radius 1 is 1.32 bits per heavy atom. The molecule has 102 valence electrons. The average molecular weight is 312 g/mol. The maximum Gasteiger partial charge on any atom is 0.157 e. The number of hydrogen-bond donors (Lipinski definition) is 1. The number of thiophene rings is 1. The molecule has 3 rings (SSSR count). The first-order valence-corrected chi connectivity index (χ1v) is 9.32. The van der Waals surface area contributed by atoms with Crippen molar-refractivity contribution in [2.75, 3.05) is 19.3 Å². The summed E-state index contributed by atoms with van der Waals surface area (Å²) in [5.41, 5.74) is 1.52. The Labute approximate surface area is 125 Å². The molecule has 0 unspecified atom stereocenters. The zero-order valence-electron chi connectivity index (χ0n) is 10.9. The molecule has 0 amide bonds. The predicted molar refractivity (Wildman–Crippen MR) is 85.3 cm³/mol. The molecule has 0 spiro atoms. The number of rotatable bonds is 5. The Kier molecular flexibility index (Phi) is 4.53. The number of hydrogen-bond acceptors (Lipinski definition) is 6. The molecule has 3 nitrogen and oxygen atoms in total. The molecule has 0 aromatic carbocycles. The van der Waals surface area contributed by atoms with Crippen molar-refractivity contribution in [3.05, 3.63) is 21.5 Å². The Hall–Kier alpha value is -0.430. The molecule has 0 radical (unpaired) electrons. The van der Waals surface area contributed by atoms with E-state index in [9.17, 15) is 0 Å². The molecule has 0 saturated heterocycles. The summed E-state index contributed by atoms with van der Waals surface area (Å²) in [5.74, 6) is 2.43. The van der Waals surface area contributed by atoms with Crippen molar-refractivity contribution < 1.29 is 0 Å². The van der Waals surface area contributed by atoms with Gasteiger partial charge in [0.2, 0.25) is 0 Å². The molecule has 19 heavy (non-hydrogen) atoms. The summed E-state index contributed by atoms with van der Waals surface area (Å²) in [5, 5.41) is 14.1. The van der Waals surface area contributed by atoms with E-state index in [0.29, 0.717) is 0 Å². The standard InChI is InChI=1S/C13H17N3S3/c1-14-5-2-3-12-15-16-13(19-12)11-7-9-8-17-6-4-10(9)18-11/h7,14H,2-6,8H2,1H3. The van der Waals surface area contributed by atoms with E-state index in [4.69, 9.17) is 0 Å². The molecule has 1 aliphatic rings. The minimum atomic E-state index is 1.03. The fourth-order valence-corrected chi connectivity index (χ4v) is 5.42. The first-order valence-electron chi connectivity index (χ1n) is 6.53. The van der Waals surface area contributed by atoms with Gasteiger partial charge >= 0.3 is 0 Å². The lowest BCUT2D eigenvalue weighted by molar-refractivity contribution is 0.718. The third kappa shape index (κ3) is 3.18. The summed E-state index contributed by atoms with van der Waals surface area (Å²) in [4.78, 5) is 2.87. The molecule has 3 heterocycles. The predicted octanol–water partition coefficient (Wildman–Crippen LogP) is 3.21. The Balaban J connectivity index is 1.73. The fraction of sp³-hybridized carbons (Fsp3) is 0.538. The second-order valence-electron chi connectivity index (χ2n) is 4.57. The second kappa shape index (κ2) is 6.35. The zero-order valence-corrected chi connectivity index (χ0v) is 13.4. The Morgan fingerprint density at radius 2 is 2.26 bits per heavy atom. The normalized spacial score (nSPS) is 14.6. The lowest BCUT2D eigenvalue weighted by atomic mass is 10.2. The van der Waals surface area contributed by atoms with E-state index in [2.05, 4.69) is 21.6 Å². The maximum atomic E-state index is 4.36. The van der Waals surface area contributed by atoms with Crippen molar-refractivity contribution in [2.45, 2.75) is 25.0 Å². The maximum absolute atomic E-state index is 4.36. The highest BCUT2D eigenvalue weighted by Gasteiger charge is 2.16. The number of nitrogens with zero attached hydrogens (tertiary/aromatic N) is 2. The highest BCUT2D eigenvalue weighted by Crippen LogP contribution is 2.37. The van der Waals surface area contributed by atoms with Gasteiger partial charge in [-0.1, -0.05) is 11.3 Å². The Bertz CT molecular complexity index is 524. The van der Waals surface area contributed by atoms with Gasteiger partial charge in [0, 0.05) is 17.1 Å². The SMILES string of the molecule is CNCCCc1nnc(-c2cc3c(s2)CCSC3)s1. The van der Waals surface area contributed by atoms with Crippen molar-refractivity contribution in [1.29, 1.82) is 0 Å². The van der Waals surface area contributed by atoms with Crippen LogP contribution in [0.3, 0.4) is 0 Å². The first kappa shape index (κ1) is 13.5. The fourth-order valence-electron chi connectivity index (χ4n) is 2.12. The van der Waals surface area contributed by atoms with Gasteiger partial charge in [-0.25, -0.2) is 0 Å². The van der Waals surface area contributed by atoms with Crippen molar-refractivity contribution in [1.82, 2.24) is 15.5 Å². The molecule has 0 fully saturated rings. The van der Waals surface area contributed by atoms with Crippen LogP contribution in [0.1, 0.15) is 21.9 Å². The summed E-state index contributed by atoms with van der Waals surface area (Å²) in [6.07, 6.45) is 3.38. The number of aryl methyl sites for hydroxylation is 2. The third-order valence-corrected chi connectivity index (χ3v) is 6.52. The minimum Gasteiger partial charge on any atom is -0.320 e. The summed E-state index contributed by atoms with van der Waals surface area (Å²) < 4.78 is 0. The molecular formula is C13H17N3S3. The van der Waals surface area contributed by atoms with E-state index >= 15 is 0 Å². The molecule has 2 aromatic rings. The average Bonchev–Trinajstić information content (AvgIpc) is 3.04. The number of nitrogens with one attached hydrogen (secondary N) is 1. The number of aromatic nitrogens is 2. The van der Waals surface area contributed by atoms with Crippen molar-refractivity contribution in [2.24, 2.45) is 0 Å². The van der Waals surface area contributed by atoms with Crippen LogP contribution in [0.25, 0.3) is 9.88 Å². The van der Waals surface area contributed by atoms with Crippen LogP contribution < -0.4 is 5.32 Å². The molecule has 6 heteroatoms. The first-order chi connectivity index (χ1) is 9.36. The number of fused-ring (bicyclic) bond motifs is 1. The second-order valence-corrected chi connectivity index (χ2v) is 7.87. The van der Waals surface area contributed by atoms with E-state index in [1.807, 2.05) is 30.1 Å². The van der Waals surface area contributed by atoms with Gasteiger partial charge in [0.1, 0.15) is 5.01 Å². The van der Waals surface area contributed by atoms with Gasteiger partial charge in [0.15, 0.2) is 5.01 Å². The van der Waals surface area contributed by atoms with Crippen LogP contribution >= 0.6 is 34.4 Å². The molecule has 2 aromatic heterocycles. The molecule has 0 atom stereocenters. The molecule has 0 bridgehead atoms. The summed E-state index contributed by atoms with van der Waals surface area (Å²) in [7, 11) is 1.99. The smallest absolute Gasteiger partial charge is 0.157 e. The number of thioether (sulfide) groups is 1. The van der Waals surface area contributed by atoms with Gasteiger partial charge in [-0.3, -0.25) is 0 Å². The summed E-state index contributed by atoms with van der Waals surface area (Å²) in [6, 6.07) is 2.32. The highest BCUT2D eigenvalue weighted by atomic mass is 32.2. The summed E-state index contributed by atoms with van der Waals surface area (Å²) >= 11 is 5.70. The van der Waals surface area contributed by atoms with Gasteiger partial charge < -0.3 is 5.32 Å². The van der Waals surface area contributed by atoms with E-state index in [0.717, 1.165) is 29.4 Å². The Morgan fingerprint density at radius 3 is 3.11 bits per heavy atom. The van der Waals surface area contributed by atoms with Gasteiger partial charge in [0.05, 0.1) is 4.88 Å². The van der Waals surface area contributed by atoms with Gasteiger partial charge in [-0.05, 0) is 43.8 Å². The van der Waals surface area contributed by atoms with Crippen LogP contribution in [-0.2, 0) is 18.6 Å². The van der Waals surface area contributed by atoms with E-state index < -0.39 is 0 Å². The van der Waals surface area contributed by atoms with Crippen molar-refractivity contribution in [3.63, 3.8) is 0 Å². The lowest BCUT2D eigenvalue weighted by Crippen LogP contribution is -2.08. The van der Waals surface area contributed by atoms with Crippen LogP contribution in [0.2, 0.25) is 0 Å². The third-order valence-electron chi connectivity index (χ3n) is 3.12. The van der Waals surface area contributed by atoms with Crippen LogP contribution in [0.4, 0.5) is 0 Å². The highest BCUT2D eigenvalue weighted by molar-refractivity contribution is 7.98. The quantitative estimate of drug-likeness (QED) is 0.861. The van der Waals surface area contributed by atoms with E-state index in [-0.39, 0.29) is 0 Å². The molecule has 1 aliphatic heterocycles. The van der Waals surface area contributed by atoms with Crippen molar-refractivity contribution >= 4 is 34.4 Å². The van der Waals surface area contributed by atoms with Crippen LogP contribution in [-0.4, -0.2) is 29.5 Å². The molecule has 0 saturated carbocycles.